The van der Waals surface area contributed by atoms with Crippen LogP contribution in [0.25, 0.3) is 0 Å². The molecular weight excluding hydrogens is 222 g/mol. The number of rotatable bonds is 7. The molecule has 1 N–H and O–H groups in total. The Hall–Kier alpha value is -0.860. The van der Waals surface area contributed by atoms with Gasteiger partial charge in [-0.15, -0.1) is 0 Å². The van der Waals surface area contributed by atoms with Gasteiger partial charge in [0, 0.05) is 7.11 Å². The Labute approximate surface area is 112 Å². The van der Waals surface area contributed by atoms with E-state index in [0.29, 0.717) is 5.92 Å². The number of nitrogens with one attached hydrogen (secondary N) is 1. The van der Waals surface area contributed by atoms with Crippen LogP contribution < -0.4 is 5.32 Å². The Kier molecular flexibility index (Phi) is 6.37. The van der Waals surface area contributed by atoms with E-state index in [9.17, 15) is 0 Å². The van der Waals surface area contributed by atoms with E-state index < -0.39 is 0 Å². The maximum absolute atomic E-state index is 5.61. The maximum atomic E-state index is 5.61. The first kappa shape index (κ1) is 15.2. The highest BCUT2D eigenvalue weighted by Gasteiger charge is 2.20. The largest absolute Gasteiger partial charge is 0.379 e. The molecule has 18 heavy (non-hydrogen) atoms. The predicted octanol–water partition coefficient (Wildman–Crippen LogP) is 3.89. The molecule has 0 fully saturated rings. The molecule has 0 amide bonds. The molecule has 1 rings (SSSR count). The van der Waals surface area contributed by atoms with Gasteiger partial charge in [0.2, 0.25) is 0 Å². The molecule has 0 aromatic heterocycles. The van der Waals surface area contributed by atoms with Crippen LogP contribution in [0.5, 0.6) is 0 Å². The van der Waals surface area contributed by atoms with Gasteiger partial charge in [-0.1, -0.05) is 51.5 Å². The summed E-state index contributed by atoms with van der Waals surface area (Å²) < 4.78 is 5.61. The quantitative estimate of drug-likeness (QED) is 0.791. The van der Waals surface area contributed by atoms with Gasteiger partial charge < -0.3 is 10.1 Å². The van der Waals surface area contributed by atoms with Crippen molar-refractivity contribution in [3.8, 4) is 0 Å². The second-order valence-corrected chi connectivity index (χ2v) is 5.15. The predicted molar refractivity (Wildman–Crippen MR) is 78.0 cm³/mol. The third-order valence-corrected chi connectivity index (χ3v) is 3.52. The van der Waals surface area contributed by atoms with Gasteiger partial charge in [-0.25, -0.2) is 0 Å². The molecule has 0 saturated carbocycles. The first-order valence-corrected chi connectivity index (χ1v) is 6.93. The molecule has 2 nitrogen and oxygen atoms in total. The lowest BCUT2D eigenvalue weighted by Gasteiger charge is -2.26. The summed E-state index contributed by atoms with van der Waals surface area (Å²) >= 11 is 0. The molecule has 1 aromatic rings. The summed E-state index contributed by atoms with van der Waals surface area (Å²) in [6, 6.07) is 9.17. The van der Waals surface area contributed by atoms with Crippen molar-refractivity contribution in [2.45, 2.75) is 51.7 Å². The number of hydrogen-bond acceptors (Lipinski definition) is 2. The van der Waals surface area contributed by atoms with Crippen LogP contribution in [0.4, 0.5) is 0 Å². The van der Waals surface area contributed by atoms with Crippen molar-refractivity contribution in [1.82, 2.24) is 5.32 Å². The zero-order chi connectivity index (χ0) is 13.5. The van der Waals surface area contributed by atoms with Crippen LogP contribution in [0.1, 0.15) is 56.7 Å². The second kappa shape index (κ2) is 7.55. The fourth-order valence-electron chi connectivity index (χ4n) is 2.36. The zero-order valence-corrected chi connectivity index (χ0v) is 12.4. The molecule has 102 valence electrons. The summed E-state index contributed by atoms with van der Waals surface area (Å²) in [4.78, 5) is 0. The Bertz CT molecular complexity index is 331. The van der Waals surface area contributed by atoms with Crippen LogP contribution in [-0.2, 0) is 4.74 Å². The molecule has 0 radical (unpaired) electrons. The summed E-state index contributed by atoms with van der Waals surface area (Å²) in [6.45, 7) is 6.64. The Balaban J connectivity index is 2.87. The fourth-order valence-corrected chi connectivity index (χ4v) is 2.36. The third kappa shape index (κ3) is 3.82. The molecule has 2 heteroatoms. The number of methoxy groups -OCH3 is 1. The lowest BCUT2D eigenvalue weighted by Crippen LogP contribution is -2.30. The minimum atomic E-state index is 0.241. The molecule has 0 aliphatic rings. The zero-order valence-electron chi connectivity index (χ0n) is 12.4. The van der Waals surface area contributed by atoms with E-state index in [2.05, 4.69) is 50.4 Å². The Morgan fingerprint density at radius 1 is 1.11 bits per heavy atom. The lowest BCUT2D eigenvalue weighted by atomic mass is 9.95. The SMILES string of the molecule is CCCC(OC)C(NC)c1ccc(C(C)C)cc1. The average Bonchev–Trinajstić information content (AvgIpc) is 2.39. The van der Waals surface area contributed by atoms with E-state index in [1.54, 1.807) is 7.11 Å². The van der Waals surface area contributed by atoms with Gasteiger partial charge in [0.25, 0.3) is 0 Å². The van der Waals surface area contributed by atoms with Crippen LogP contribution in [0.2, 0.25) is 0 Å². The van der Waals surface area contributed by atoms with Crippen LogP contribution in [-0.4, -0.2) is 20.3 Å². The van der Waals surface area contributed by atoms with Crippen molar-refractivity contribution in [2.24, 2.45) is 0 Å². The molecule has 0 heterocycles. The van der Waals surface area contributed by atoms with Crippen LogP contribution in [0.3, 0.4) is 0 Å². The van der Waals surface area contributed by atoms with Crippen molar-refractivity contribution in [2.75, 3.05) is 14.2 Å². The summed E-state index contributed by atoms with van der Waals surface area (Å²) in [5, 5.41) is 3.38. The first-order chi connectivity index (χ1) is 8.63. The minimum absolute atomic E-state index is 0.241. The van der Waals surface area contributed by atoms with Crippen LogP contribution in [0, 0.1) is 0 Å². The van der Waals surface area contributed by atoms with Crippen molar-refractivity contribution in [3.05, 3.63) is 35.4 Å². The van der Waals surface area contributed by atoms with Gasteiger partial charge in [-0.3, -0.25) is 0 Å². The van der Waals surface area contributed by atoms with E-state index in [4.69, 9.17) is 4.74 Å². The number of likely N-dealkylation sites (N-methyl/N-ethyl adjacent to an activating group) is 1. The first-order valence-electron chi connectivity index (χ1n) is 6.93. The van der Waals surface area contributed by atoms with Crippen molar-refractivity contribution < 1.29 is 4.74 Å². The van der Waals surface area contributed by atoms with E-state index in [1.165, 1.54) is 11.1 Å². The highest BCUT2D eigenvalue weighted by atomic mass is 16.5. The number of benzene rings is 1. The average molecular weight is 249 g/mol. The van der Waals surface area contributed by atoms with Crippen molar-refractivity contribution in [1.29, 1.82) is 0 Å². The van der Waals surface area contributed by atoms with E-state index in [0.717, 1.165) is 12.8 Å². The highest BCUT2D eigenvalue weighted by molar-refractivity contribution is 5.27. The van der Waals surface area contributed by atoms with Crippen molar-refractivity contribution in [3.63, 3.8) is 0 Å². The summed E-state index contributed by atoms with van der Waals surface area (Å²) in [5.41, 5.74) is 2.69. The standard InChI is InChI=1S/C16H27NO/c1-6-7-15(18-5)16(17-4)14-10-8-13(9-11-14)12(2)3/h8-12,15-17H,6-7H2,1-5H3. The molecule has 0 aliphatic heterocycles. The maximum Gasteiger partial charge on any atom is 0.0765 e. The Morgan fingerprint density at radius 3 is 2.06 bits per heavy atom. The molecule has 0 spiro atoms. The smallest absolute Gasteiger partial charge is 0.0765 e. The number of ether oxygens (including phenoxy) is 1. The molecule has 0 bridgehead atoms. The fraction of sp³-hybridized carbons (Fsp3) is 0.625. The molecule has 2 atom stereocenters. The molecular formula is C16H27NO. The van der Waals surface area contributed by atoms with Crippen molar-refractivity contribution >= 4 is 0 Å². The highest BCUT2D eigenvalue weighted by Crippen LogP contribution is 2.24. The summed E-state index contributed by atoms with van der Waals surface area (Å²) in [7, 11) is 3.80. The van der Waals surface area contributed by atoms with Gasteiger partial charge in [0.15, 0.2) is 0 Å². The van der Waals surface area contributed by atoms with E-state index in [1.807, 2.05) is 7.05 Å². The summed E-state index contributed by atoms with van der Waals surface area (Å²) in [6.07, 6.45) is 2.46. The molecule has 2 unspecified atom stereocenters. The third-order valence-electron chi connectivity index (χ3n) is 3.52. The second-order valence-electron chi connectivity index (χ2n) is 5.15. The lowest BCUT2D eigenvalue weighted by molar-refractivity contribution is 0.0630. The van der Waals surface area contributed by atoms with Crippen LogP contribution in [0.15, 0.2) is 24.3 Å². The van der Waals surface area contributed by atoms with Gasteiger partial charge in [-0.2, -0.15) is 0 Å². The Morgan fingerprint density at radius 2 is 1.67 bits per heavy atom. The van der Waals surface area contributed by atoms with E-state index in [-0.39, 0.29) is 12.1 Å². The molecule has 0 aliphatic carbocycles. The summed E-state index contributed by atoms with van der Waals surface area (Å²) in [5.74, 6) is 0.584. The minimum Gasteiger partial charge on any atom is -0.379 e. The van der Waals surface area contributed by atoms with Gasteiger partial charge in [0.1, 0.15) is 0 Å². The van der Waals surface area contributed by atoms with E-state index >= 15 is 0 Å². The topological polar surface area (TPSA) is 21.3 Å². The monoisotopic (exact) mass is 249 g/mol. The van der Waals surface area contributed by atoms with Crippen LogP contribution >= 0.6 is 0 Å². The van der Waals surface area contributed by atoms with Gasteiger partial charge in [-0.05, 0) is 30.5 Å². The molecule has 0 saturated heterocycles. The normalized spacial score (nSPS) is 14.8. The molecule has 1 aromatic carbocycles. The van der Waals surface area contributed by atoms with Gasteiger partial charge in [0.05, 0.1) is 12.1 Å². The van der Waals surface area contributed by atoms with Gasteiger partial charge >= 0.3 is 0 Å². The number of hydrogen-bond donors (Lipinski definition) is 1.